The Labute approximate surface area is 135 Å². The fourth-order valence-corrected chi connectivity index (χ4v) is 3.52. The first kappa shape index (κ1) is 15.3. The summed E-state index contributed by atoms with van der Waals surface area (Å²) in [6.45, 7) is 1.71. The second-order valence-electron chi connectivity index (χ2n) is 5.11. The molecule has 0 radical (unpaired) electrons. The predicted octanol–water partition coefficient (Wildman–Crippen LogP) is 2.82. The molecule has 0 fully saturated rings. The van der Waals surface area contributed by atoms with Crippen LogP contribution in [-0.2, 0) is 15.6 Å². The van der Waals surface area contributed by atoms with Crippen LogP contribution >= 0.6 is 0 Å². The third-order valence-corrected chi connectivity index (χ3v) is 5.06. The summed E-state index contributed by atoms with van der Waals surface area (Å²) < 4.78 is 25.0. The lowest BCUT2D eigenvalue weighted by Crippen LogP contribution is -2.10. The van der Waals surface area contributed by atoms with E-state index in [-0.39, 0.29) is 10.6 Å². The zero-order valence-electron chi connectivity index (χ0n) is 12.5. The fourth-order valence-electron chi connectivity index (χ4n) is 2.15. The van der Waals surface area contributed by atoms with E-state index in [2.05, 4.69) is 15.2 Å². The monoisotopic (exact) mass is 325 g/mol. The van der Waals surface area contributed by atoms with Crippen molar-refractivity contribution in [3.8, 4) is 11.4 Å². The molecule has 3 aromatic rings. The lowest BCUT2D eigenvalue weighted by Gasteiger charge is -2.07. The molecule has 116 valence electrons. The number of nitrogens with zero attached hydrogens (tertiary/aromatic N) is 3. The smallest absolute Gasteiger partial charge is 0.184 e. The van der Waals surface area contributed by atoms with Crippen LogP contribution in [0.15, 0.2) is 65.6 Å². The number of aromatic nitrogens is 3. The van der Waals surface area contributed by atoms with Crippen LogP contribution in [0.4, 0.5) is 0 Å². The van der Waals surface area contributed by atoms with Crippen LogP contribution in [0.3, 0.4) is 0 Å². The molecule has 0 N–H and O–H groups in total. The average molecular weight is 325 g/mol. The van der Waals surface area contributed by atoms with Crippen LogP contribution in [0, 0.1) is 6.92 Å². The Balaban J connectivity index is 1.97. The van der Waals surface area contributed by atoms with Crippen LogP contribution < -0.4 is 0 Å². The zero-order chi connectivity index (χ0) is 16.3. The lowest BCUT2D eigenvalue weighted by atomic mass is 10.2. The molecule has 0 saturated heterocycles. The van der Waals surface area contributed by atoms with Gasteiger partial charge in [-0.2, -0.15) is 5.10 Å². The Hall–Kier alpha value is -2.60. The largest absolute Gasteiger partial charge is 0.228 e. The van der Waals surface area contributed by atoms with Gasteiger partial charge >= 0.3 is 0 Å². The van der Waals surface area contributed by atoms with Gasteiger partial charge in [-0.1, -0.05) is 48.5 Å². The minimum absolute atomic E-state index is 0.196. The van der Waals surface area contributed by atoms with E-state index in [0.29, 0.717) is 17.2 Å². The molecular weight excluding hydrogens is 310 g/mol. The third-order valence-electron chi connectivity index (χ3n) is 3.41. The summed E-state index contributed by atoms with van der Waals surface area (Å²) in [5, 5.41) is 8.11. The van der Waals surface area contributed by atoms with E-state index in [9.17, 15) is 8.42 Å². The quantitative estimate of drug-likeness (QED) is 0.737. The van der Waals surface area contributed by atoms with Crippen molar-refractivity contribution < 1.29 is 8.42 Å². The van der Waals surface area contributed by atoms with Crippen LogP contribution in [0.25, 0.3) is 11.4 Å². The Morgan fingerprint density at radius 2 is 1.48 bits per heavy atom. The molecule has 23 heavy (non-hydrogen) atoms. The van der Waals surface area contributed by atoms with Crippen molar-refractivity contribution in [2.45, 2.75) is 17.6 Å². The van der Waals surface area contributed by atoms with Gasteiger partial charge in [0.05, 0.1) is 22.0 Å². The molecule has 0 spiro atoms. The van der Waals surface area contributed by atoms with Crippen LogP contribution in [0.1, 0.15) is 11.4 Å². The molecule has 6 heteroatoms. The van der Waals surface area contributed by atoms with E-state index in [1.54, 1.807) is 37.3 Å². The van der Waals surface area contributed by atoms with Crippen LogP contribution in [0.2, 0.25) is 0 Å². The van der Waals surface area contributed by atoms with E-state index in [0.717, 1.165) is 5.56 Å². The van der Waals surface area contributed by atoms with Gasteiger partial charge in [0.25, 0.3) is 0 Å². The highest BCUT2D eigenvalue weighted by Gasteiger charge is 2.19. The van der Waals surface area contributed by atoms with Crippen molar-refractivity contribution in [3.63, 3.8) is 0 Å². The molecule has 1 heterocycles. The first-order chi connectivity index (χ1) is 11.1. The maximum Gasteiger partial charge on any atom is 0.184 e. The van der Waals surface area contributed by atoms with E-state index >= 15 is 0 Å². The molecule has 0 unspecified atom stereocenters. The highest BCUT2D eigenvalue weighted by atomic mass is 32.2. The van der Waals surface area contributed by atoms with Gasteiger partial charge < -0.3 is 0 Å². The lowest BCUT2D eigenvalue weighted by molar-refractivity contribution is 0.594. The summed E-state index contributed by atoms with van der Waals surface area (Å²) in [4.78, 5) is 4.68. The topological polar surface area (TPSA) is 72.8 Å². The summed E-state index contributed by atoms with van der Waals surface area (Å²) in [6, 6.07) is 17.7. The molecule has 0 aliphatic heterocycles. The predicted molar refractivity (Wildman–Crippen MR) is 87.3 cm³/mol. The van der Waals surface area contributed by atoms with E-state index in [1.165, 1.54) is 0 Å². The number of sulfone groups is 1. The summed E-state index contributed by atoms with van der Waals surface area (Å²) >= 11 is 0. The van der Waals surface area contributed by atoms with E-state index in [1.807, 2.05) is 30.3 Å². The molecule has 0 saturated carbocycles. The van der Waals surface area contributed by atoms with Gasteiger partial charge in [-0.3, -0.25) is 0 Å². The maximum atomic E-state index is 12.5. The highest BCUT2D eigenvalue weighted by molar-refractivity contribution is 7.90. The molecule has 0 aliphatic carbocycles. The summed E-state index contributed by atoms with van der Waals surface area (Å²) in [7, 11) is -3.47. The number of hydrogen-bond acceptors (Lipinski definition) is 5. The fraction of sp³-hybridized carbons (Fsp3) is 0.118. The maximum absolute atomic E-state index is 12.5. The Morgan fingerprint density at radius 3 is 2.13 bits per heavy atom. The van der Waals surface area contributed by atoms with Gasteiger partial charge in [0.15, 0.2) is 15.7 Å². The molecule has 3 rings (SSSR count). The molecular formula is C17H15N3O2S. The van der Waals surface area contributed by atoms with Crippen LogP contribution in [0.5, 0.6) is 0 Å². The Kier molecular flexibility index (Phi) is 4.16. The molecule has 2 aromatic carbocycles. The van der Waals surface area contributed by atoms with Crippen molar-refractivity contribution in [3.05, 3.63) is 72.1 Å². The molecule has 0 amide bonds. The second-order valence-corrected chi connectivity index (χ2v) is 7.10. The van der Waals surface area contributed by atoms with Gasteiger partial charge in [-0.15, -0.1) is 5.10 Å². The normalized spacial score (nSPS) is 11.3. The number of benzene rings is 2. The highest BCUT2D eigenvalue weighted by Crippen LogP contribution is 2.19. The van der Waals surface area contributed by atoms with E-state index in [4.69, 9.17) is 0 Å². The first-order valence-corrected chi connectivity index (χ1v) is 8.75. The van der Waals surface area contributed by atoms with Gasteiger partial charge in [0, 0.05) is 5.56 Å². The number of hydrogen-bond donors (Lipinski definition) is 0. The average Bonchev–Trinajstić information content (AvgIpc) is 2.58. The van der Waals surface area contributed by atoms with Gasteiger partial charge in [0.2, 0.25) is 0 Å². The zero-order valence-corrected chi connectivity index (χ0v) is 13.4. The summed E-state index contributed by atoms with van der Waals surface area (Å²) in [6.07, 6.45) is 0. The Morgan fingerprint density at radius 1 is 0.870 bits per heavy atom. The van der Waals surface area contributed by atoms with Crippen molar-refractivity contribution in [2.24, 2.45) is 0 Å². The minimum Gasteiger partial charge on any atom is -0.228 e. The van der Waals surface area contributed by atoms with Crippen molar-refractivity contribution in [1.29, 1.82) is 0 Å². The summed E-state index contributed by atoms with van der Waals surface area (Å²) in [5.74, 6) is 0.229. The van der Waals surface area contributed by atoms with Gasteiger partial charge in [-0.25, -0.2) is 13.4 Å². The number of rotatable bonds is 4. The number of aryl methyl sites for hydroxylation is 1. The second kappa shape index (κ2) is 6.26. The third kappa shape index (κ3) is 3.43. The molecule has 1 aromatic heterocycles. The molecule has 0 atom stereocenters. The van der Waals surface area contributed by atoms with E-state index < -0.39 is 9.84 Å². The van der Waals surface area contributed by atoms with Crippen molar-refractivity contribution in [2.75, 3.05) is 0 Å². The Bertz CT molecular complexity index is 911. The molecule has 5 nitrogen and oxygen atoms in total. The van der Waals surface area contributed by atoms with Crippen molar-refractivity contribution in [1.82, 2.24) is 15.2 Å². The molecule has 0 bridgehead atoms. The van der Waals surface area contributed by atoms with Crippen molar-refractivity contribution >= 4 is 9.84 Å². The first-order valence-electron chi connectivity index (χ1n) is 7.10. The standard InChI is InChI=1S/C17H15N3O2S/c1-13-16(12-23(21,22)15-10-6-3-7-11-15)18-17(20-19-13)14-8-4-2-5-9-14/h2-11H,12H2,1H3. The van der Waals surface area contributed by atoms with Gasteiger partial charge in [-0.05, 0) is 19.1 Å². The molecule has 0 aliphatic rings. The summed E-state index contributed by atoms with van der Waals surface area (Å²) in [5.41, 5.74) is 1.74. The minimum atomic E-state index is -3.47. The van der Waals surface area contributed by atoms with Crippen LogP contribution in [-0.4, -0.2) is 23.6 Å². The SMILES string of the molecule is Cc1nnc(-c2ccccc2)nc1CS(=O)(=O)c1ccccc1. The van der Waals surface area contributed by atoms with Gasteiger partial charge in [0.1, 0.15) is 0 Å².